The SMILES string of the molecule is Cc1cc(C)nc(NN=c2cc(-c3ccc(C(C)(C)C)cc3)oc3cc(C)c(Cl)cc23)n1. The third kappa shape index (κ3) is 4.68. The summed E-state index contributed by atoms with van der Waals surface area (Å²) in [5.41, 5.74) is 8.74. The van der Waals surface area contributed by atoms with E-state index in [1.165, 1.54) is 5.56 Å². The minimum Gasteiger partial charge on any atom is -0.456 e. The Hall–Kier alpha value is -3.18. The molecule has 164 valence electrons. The van der Waals surface area contributed by atoms with E-state index in [1.807, 2.05) is 45.0 Å². The molecule has 0 bridgehead atoms. The summed E-state index contributed by atoms with van der Waals surface area (Å²) in [4.78, 5) is 8.82. The summed E-state index contributed by atoms with van der Waals surface area (Å²) in [5.74, 6) is 1.17. The van der Waals surface area contributed by atoms with Crippen LogP contribution in [0.2, 0.25) is 5.02 Å². The summed E-state index contributed by atoms with van der Waals surface area (Å²) in [6.45, 7) is 12.4. The van der Waals surface area contributed by atoms with Crippen molar-refractivity contribution < 1.29 is 4.42 Å². The zero-order valence-corrected chi connectivity index (χ0v) is 20.0. The molecule has 0 fully saturated rings. The van der Waals surface area contributed by atoms with Crippen LogP contribution in [0, 0.1) is 20.8 Å². The highest BCUT2D eigenvalue weighted by Crippen LogP contribution is 2.28. The Morgan fingerprint density at radius 3 is 2.19 bits per heavy atom. The fraction of sp³-hybridized carbons (Fsp3) is 0.269. The lowest BCUT2D eigenvalue weighted by Gasteiger charge is -2.19. The van der Waals surface area contributed by atoms with E-state index in [4.69, 9.17) is 16.0 Å². The third-order valence-corrected chi connectivity index (χ3v) is 5.73. The van der Waals surface area contributed by atoms with Gasteiger partial charge in [0.1, 0.15) is 11.3 Å². The van der Waals surface area contributed by atoms with Crippen molar-refractivity contribution >= 4 is 28.5 Å². The molecule has 0 saturated carbocycles. The van der Waals surface area contributed by atoms with Gasteiger partial charge >= 0.3 is 0 Å². The third-order valence-electron chi connectivity index (χ3n) is 5.32. The maximum Gasteiger partial charge on any atom is 0.243 e. The molecule has 5 nitrogen and oxygen atoms in total. The quantitative estimate of drug-likeness (QED) is 0.356. The molecule has 0 amide bonds. The van der Waals surface area contributed by atoms with Crippen molar-refractivity contribution in [1.29, 1.82) is 0 Å². The number of benzene rings is 2. The number of aryl methyl sites for hydroxylation is 3. The van der Waals surface area contributed by atoms with Gasteiger partial charge in [-0.2, -0.15) is 5.10 Å². The molecule has 4 rings (SSSR count). The standard InChI is InChI=1S/C26H27ClN4O/c1-15-11-24-20(13-21(15)27)22(30-31-25-28-16(2)12-17(3)29-25)14-23(32-24)18-7-9-19(10-8-18)26(4,5)6/h7-14H,1-6H3,(H,28,29,31). The molecule has 0 radical (unpaired) electrons. The predicted octanol–water partition coefficient (Wildman–Crippen LogP) is 6.69. The van der Waals surface area contributed by atoms with Gasteiger partial charge in [-0.25, -0.2) is 15.4 Å². The van der Waals surface area contributed by atoms with Crippen molar-refractivity contribution in [2.75, 3.05) is 5.43 Å². The van der Waals surface area contributed by atoms with Gasteiger partial charge in [0, 0.05) is 33.4 Å². The Kier molecular flexibility index (Phi) is 5.78. The normalized spacial score (nSPS) is 12.4. The monoisotopic (exact) mass is 446 g/mol. The van der Waals surface area contributed by atoms with Crippen LogP contribution in [0.5, 0.6) is 0 Å². The van der Waals surface area contributed by atoms with E-state index >= 15 is 0 Å². The van der Waals surface area contributed by atoms with Crippen LogP contribution < -0.4 is 10.8 Å². The van der Waals surface area contributed by atoms with E-state index < -0.39 is 0 Å². The Balaban J connectivity index is 1.86. The van der Waals surface area contributed by atoms with Crippen LogP contribution in [0.15, 0.2) is 58.0 Å². The number of hydrogen-bond acceptors (Lipinski definition) is 5. The fourth-order valence-electron chi connectivity index (χ4n) is 3.54. The Bertz CT molecular complexity index is 1350. The van der Waals surface area contributed by atoms with Crippen LogP contribution >= 0.6 is 11.6 Å². The molecular formula is C26H27ClN4O. The Labute approximate surface area is 193 Å². The molecule has 0 spiro atoms. The van der Waals surface area contributed by atoms with E-state index in [-0.39, 0.29) is 5.41 Å². The summed E-state index contributed by atoms with van der Waals surface area (Å²) in [6.07, 6.45) is 0. The lowest BCUT2D eigenvalue weighted by Crippen LogP contribution is -2.11. The second-order valence-electron chi connectivity index (χ2n) is 9.12. The molecule has 6 heteroatoms. The molecule has 4 aromatic rings. The molecule has 0 saturated heterocycles. The fourth-order valence-corrected chi connectivity index (χ4v) is 3.71. The first kappa shape index (κ1) is 22.0. The molecule has 0 unspecified atom stereocenters. The van der Waals surface area contributed by atoms with Crippen LogP contribution in [0.3, 0.4) is 0 Å². The summed E-state index contributed by atoms with van der Waals surface area (Å²) >= 11 is 6.41. The second kappa shape index (κ2) is 8.40. The molecule has 1 N–H and O–H groups in total. The van der Waals surface area contributed by atoms with Gasteiger partial charge in [-0.1, -0.05) is 56.6 Å². The molecule has 0 atom stereocenters. The van der Waals surface area contributed by atoms with Crippen molar-refractivity contribution in [3.63, 3.8) is 0 Å². The average Bonchev–Trinajstić information content (AvgIpc) is 2.72. The molecule has 0 aliphatic heterocycles. The molecule has 2 aromatic heterocycles. The first-order chi connectivity index (χ1) is 15.1. The smallest absolute Gasteiger partial charge is 0.243 e. The zero-order valence-electron chi connectivity index (χ0n) is 19.2. The predicted molar refractivity (Wildman–Crippen MR) is 131 cm³/mol. The molecule has 0 aliphatic carbocycles. The van der Waals surface area contributed by atoms with Crippen LogP contribution in [0.4, 0.5) is 5.95 Å². The van der Waals surface area contributed by atoms with E-state index in [9.17, 15) is 0 Å². The lowest BCUT2D eigenvalue weighted by atomic mass is 9.86. The number of fused-ring (bicyclic) bond motifs is 1. The number of nitrogens with one attached hydrogen (secondary N) is 1. The highest BCUT2D eigenvalue weighted by atomic mass is 35.5. The molecule has 2 aromatic carbocycles. The highest BCUT2D eigenvalue weighted by molar-refractivity contribution is 6.32. The number of hydrogen-bond donors (Lipinski definition) is 1. The maximum atomic E-state index is 6.41. The first-order valence-electron chi connectivity index (χ1n) is 10.6. The largest absolute Gasteiger partial charge is 0.456 e. The molecule has 0 aliphatic rings. The van der Waals surface area contributed by atoms with Crippen molar-refractivity contribution in [3.8, 4) is 11.3 Å². The highest BCUT2D eigenvalue weighted by Gasteiger charge is 2.14. The summed E-state index contributed by atoms with van der Waals surface area (Å²) in [5, 5.41) is 6.78. The molecule has 2 heterocycles. The number of anilines is 1. The maximum absolute atomic E-state index is 6.41. The minimum absolute atomic E-state index is 0.0866. The van der Waals surface area contributed by atoms with Gasteiger partial charge < -0.3 is 4.42 Å². The van der Waals surface area contributed by atoms with Gasteiger partial charge in [0.15, 0.2) is 0 Å². The van der Waals surface area contributed by atoms with Crippen molar-refractivity contribution in [2.24, 2.45) is 5.10 Å². The number of halogens is 1. The van der Waals surface area contributed by atoms with Crippen molar-refractivity contribution in [1.82, 2.24) is 9.97 Å². The van der Waals surface area contributed by atoms with Crippen LogP contribution in [-0.2, 0) is 5.41 Å². The Morgan fingerprint density at radius 1 is 0.906 bits per heavy atom. The number of nitrogens with zero attached hydrogens (tertiary/aromatic N) is 3. The lowest BCUT2D eigenvalue weighted by molar-refractivity contribution is 0.589. The van der Waals surface area contributed by atoms with E-state index in [0.29, 0.717) is 21.9 Å². The molecular weight excluding hydrogens is 420 g/mol. The van der Waals surface area contributed by atoms with E-state index in [0.717, 1.165) is 33.7 Å². The minimum atomic E-state index is 0.0866. The summed E-state index contributed by atoms with van der Waals surface area (Å²) < 4.78 is 6.26. The van der Waals surface area contributed by atoms with Gasteiger partial charge in [-0.15, -0.1) is 0 Å². The van der Waals surface area contributed by atoms with Crippen molar-refractivity contribution in [3.05, 3.63) is 81.4 Å². The molecule has 32 heavy (non-hydrogen) atoms. The second-order valence-corrected chi connectivity index (χ2v) is 9.53. The first-order valence-corrected chi connectivity index (χ1v) is 10.9. The van der Waals surface area contributed by atoms with Gasteiger partial charge in [0.25, 0.3) is 0 Å². The summed E-state index contributed by atoms with van der Waals surface area (Å²) in [7, 11) is 0. The van der Waals surface area contributed by atoms with Crippen LogP contribution in [-0.4, -0.2) is 9.97 Å². The van der Waals surface area contributed by atoms with Crippen LogP contribution in [0.25, 0.3) is 22.3 Å². The number of aromatic nitrogens is 2. The number of rotatable bonds is 3. The van der Waals surface area contributed by atoms with Gasteiger partial charge in [-0.05, 0) is 55.5 Å². The Morgan fingerprint density at radius 2 is 1.56 bits per heavy atom. The van der Waals surface area contributed by atoms with Gasteiger partial charge in [0.2, 0.25) is 5.95 Å². The van der Waals surface area contributed by atoms with Gasteiger partial charge in [0.05, 0.1) is 5.36 Å². The van der Waals surface area contributed by atoms with E-state index in [2.05, 4.69) is 65.5 Å². The topological polar surface area (TPSA) is 63.3 Å². The zero-order chi connectivity index (χ0) is 23.0. The average molecular weight is 447 g/mol. The summed E-state index contributed by atoms with van der Waals surface area (Å²) in [6, 6.07) is 16.1. The van der Waals surface area contributed by atoms with Crippen molar-refractivity contribution in [2.45, 2.75) is 47.0 Å². The van der Waals surface area contributed by atoms with Crippen LogP contribution in [0.1, 0.15) is 43.3 Å². The van der Waals surface area contributed by atoms with E-state index in [1.54, 1.807) is 0 Å². The van der Waals surface area contributed by atoms with Gasteiger partial charge in [-0.3, -0.25) is 0 Å².